The molecule has 0 aliphatic carbocycles. The van der Waals surface area contributed by atoms with Crippen LogP contribution in [0.3, 0.4) is 0 Å². The summed E-state index contributed by atoms with van der Waals surface area (Å²) in [5.41, 5.74) is 1.54. The van der Waals surface area contributed by atoms with E-state index < -0.39 is 11.8 Å². The van der Waals surface area contributed by atoms with E-state index in [-0.39, 0.29) is 25.2 Å². The van der Waals surface area contributed by atoms with Crippen molar-refractivity contribution in [3.8, 4) is 11.5 Å². The molecule has 1 atom stereocenters. The van der Waals surface area contributed by atoms with Crippen molar-refractivity contribution in [2.24, 2.45) is 0 Å². The Labute approximate surface area is 186 Å². The highest BCUT2D eigenvalue weighted by Gasteiger charge is 2.28. The van der Waals surface area contributed by atoms with Crippen molar-refractivity contribution in [1.82, 2.24) is 15.5 Å². The number of benzene rings is 2. The van der Waals surface area contributed by atoms with Gasteiger partial charge in [-0.3, -0.25) is 14.5 Å². The fraction of sp³-hybridized carbons (Fsp3) is 0.391. The van der Waals surface area contributed by atoms with E-state index in [0.29, 0.717) is 49.9 Å². The molecule has 1 fully saturated rings. The Balaban J connectivity index is 1.48. The predicted molar refractivity (Wildman–Crippen MR) is 117 cm³/mol. The fourth-order valence-electron chi connectivity index (χ4n) is 4.07. The number of para-hydroxylation sites is 1. The average molecular weight is 442 g/mol. The van der Waals surface area contributed by atoms with Gasteiger partial charge in [-0.1, -0.05) is 18.2 Å². The summed E-state index contributed by atoms with van der Waals surface area (Å²) in [4.78, 5) is 28.3. The molecule has 0 aromatic heterocycles. The summed E-state index contributed by atoms with van der Waals surface area (Å²) in [5.74, 6) is -0.206. The molecule has 2 heterocycles. The maximum atomic E-state index is 14.2. The minimum Gasteiger partial charge on any atom is -0.454 e. The molecule has 2 aromatic rings. The first kappa shape index (κ1) is 21.9. The summed E-state index contributed by atoms with van der Waals surface area (Å²) in [6, 6.07) is 12.3. The van der Waals surface area contributed by atoms with Crippen LogP contribution in [0.1, 0.15) is 18.5 Å². The maximum absolute atomic E-state index is 14.2. The van der Waals surface area contributed by atoms with Crippen LogP contribution in [0.25, 0.3) is 0 Å². The van der Waals surface area contributed by atoms with Crippen molar-refractivity contribution in [3.63, 3.8) is 0 Å². The Bertz CT molecular complexity index is 978. The highest BCUT2D eigenvalue weighted by atomic mass is 19.1. The van der Waals surface area contributed by atoms with Gasteiger partial charge in [0.15, 0.2) is 11.5 Å². The minimum absolute atomic E-state index is 0.175. The predicted octanol–water partition coefficient (Wildman–Crippen LogP) is 1.67. The van der Waals surface area contributed by atoms with Gasteiger partial charge in [-0.05, 0) is 36.8 Å². The number of rotatable bonds is 6. The zero-order valence-electron chi connectivity index (χ0n) is 18.0. The van der Waals surface area contributed by atoms with Crippen LogP contribution in [-0.4, -0.2) is 62.8 Å². The van der Waals surface area contributed by atoms with Crippen LogP contribution in [0.5, 0.6) is 11.5 Å². The Morgan fingerprint density at radius 2 is 1.72 bits per heavy atom. The van der Waals surface area contributed by atoms with Gasteiger partial charge in [-0.2, -0.15) is 0 Å². The Morgan fingerprint density at radius 3 is 2.47 bits per heavy atom. The molecule has 0 radical (unpaired) electrons. The summed E-state index contributed by atoms with van der Waals surface area (Å²) in [7, 11) is 0. The van der Waals surface area contributed by atoms with E-state index in [2.05, 4.69) is 15.5 Å². The lowest BCUT2D eigenvalue weighted by Crippen LogP contribution is -2.51. The second-order valence-corrected chi connectivity index (χ2v) is 7.67. The number of piperazine rings is 1. The molecule has 2 aliphatic heterocycles. The quantitative estimate of drug-likeness (QED) is 0.663. The summed E-state index contributed by atoms with van der Waals surface area (Å²) in [6.45, 7) is 5.22. The Hall–Kier alpha value is -3.33. The molecule has 1 unspecified atom stereocenters. The van der Waals surface area contributed by atoms with E-state index in [4.69, 9.17) is 9.47 Å². The molecule has 0 spiro atoms. The molecule has 1 saturated heterocycles. The number of amides is 2. The Kier molecular flexibility index (Phi) is 6.75. The molecule has 9 heteroatoms. The molecule has 4 rings (SSSR count). The third-order valence-corrected chi connectivity index (χ3v) is 5.73. The van der Waals surface area contributed by atoms with Gasteiger partial charge < -0.3 is 25.0 Å². The minimum atomic E-state index is -0.664. The smallest absolute Gasteiger partial charge is 0.309 e. The molecule has 0 saturated carbocycles. The van der Waals surface area contributed by atoms with Gasteiger partial charge in [0.1, 0.15) is 5.82 Å². The number of likely N-dealkylation sites (N-methyl/N-ethyl adjacent to an activating group) is 1. The van der Waals surface area contributed by atoms with Crippen LogP contribution in [0.2, 0.25) is 0 Å². The van der Waals surface area contributed by atoms with E-state index in [1.54, 1.807) is 19.1 Å². The lowest BCUT2D eigenvalue weighted by atomic mass is 10.0. The van der Waals surface area contributed by atoms with Gasteiger partial charge in [0.05, 0.1) is 11.7 Å². The molecule has 2 aromatic carbocycles. The number of carbonyl (C=O) groups excluding carboxylic acids is 2. The van der Waals surface area contributed by atoms with Gasteiger partial charge in [0.25, 0.3) is 0 Å². The van der Waals surface area contributed by atoms with Crippen LogP contribution >= 0.6 is 0 Å². The number of hydrogen-bond donors (Lipinski definition) is 2. The standard InChI is InChI=1S/C23H27FN4O4/c1-2-25-22(29)23(30)26-14-19(16-7-8-20-21(13-16)32-15-31-20)28-11-9-27(10-12-28)18-6-4-3-5-17(18)24/h3-8,13,19H,2,9-12,14-15H2,1H3,(H,25,29)(H,26,30). The SMILES string of the molecule is CCNC(=O)C(=O)NCC(c1ccc2c(c1)OCO2)N1CCN(c2ccccc2F)CC1. The summed E-state index contributed by atoms with van der Waals surface area (Å²) in [6.07, 6.45) is 0. The first-order chi connectivity index (χ1) is 15.6. The second kappa shape index (κ2) is 9.86. The van der Waals surface area contributed by atoms with E-state index in [1.807, 2.05) is 29.2 Å². The topological polar surface area (TPSA) is 83.1 Å². The largest absolute Gasteiger partial charge is 0.454 e. The van der Waals surface area contributed by atoms with Gasteiger partial charge in [-0.25, -0.2) is 4.39 Å². The highest BCUT2D eigenvalue weighted by molar-refractivity contribution is 6.35. The van der Waals surface area contributed by atoms with E-state index in [0.717, 1.165) is 5.56 Å². The van der Waals surface area contributed by atoms with Gasteiger partial charge in [0, 0.05) is 39.3 Å². The number of nitrogens with zero attached hydrogens (tertiary/aromatic N) is 2. The summed E-state index contributed by atoms with van der Waals surface area (Å²) < 4.78 is 25.1. The van der Waals surface area contributed by atoms with Crippen LogP contribution < -0.4 is 25.0 Å². The van der Waals surface area contributed by atoms with Crippen molar-refractivity contribution in [2.75, 3.05) is 51.0 Å². The van der Waals surface area contributed by atoms with Crippen LogP contribution in [-0.2, 0) is 9.59 Å². The number of halogens is 1. The number of ether oxygens (including phenoxy) is 2. The number of anilines is 1. The van der Waals surface area contributed by atoms with Gasteiger partial charge >= 0.3 is 11.8 Å². The number of nitrogens with one attached hydrogen (secondary N) is 2. The van der Waals surface area contributed by atoms with Crippen molar-refractivity contribution in [1.29, 1.82) is 0 Å². The zero-order valence-corrected chi connectivity index (χ0v) is 18.0. The van der Waals surface area contributed by atoms with E-state index >= 15 is 0 Å². The summed E-state index contributed by atoms with van der Waals surface area (Å²) >= 11 is 0. The lowest BCUT2D eigenvalue weighted by Gasteiger charge is -2.40. The normalized spacial score (nSPS) is 16.5. The molecule has 2 aliphatic rings. The first-order valence-electron chi connectivity index (χ1n) is 10.8. The van der Waals surface area contributed by atoms with Crippen LogP contribution in [0.15, 0.2) is 42.5 Å². The third-order valence-electron chi connectivity index (χ3n) is 5.73. The maximum Gasteiger partial charge on any atom is 0.309 e. The van der Waals surface area contributed by atoms with Gasteiger partial charge in [-0.15, -0.1) is 0 Å². The van der Waals surface area contributed by atoms with Crippen molar-refractivity contribution < 1.29 is 23.5 Å². The zero-order chi connectivity index (χ0) is 22.5. The number of carbonyl (C=O) groups is 2. The van der Waals surface area contributed by atoms with E-state index in [1.165, 1.54) is 6.07 Å². The van der Waals surface area contributed by atoms with E-state index in [9.17, 15) is 14.0 Å². The number of fused-ring (bicyclic) bond motifs is 1. The average Bonchev–Trinajstić information content (AvgIpc) is 3.28. The van der Waals surface area contributed by atoms with Crippen molar-refractivity contribution in [3.05, 3.63) is 53.8 Å². The molecule has 2 N–H and O–H groups in total. The second-order valence-electron chi connectivity index (χ2n) is 7.67. The first-order valence-corrected chi connectivity index (χ1v) is 10.8. The number of hydrogen-bond acceptors (Lipinski definition) is 6. The molecular weight excluding hydrogens is 415 g/mol. The molecule has 8 nitrogen and oxygen atoms in total. The van der Waals surface area contributed by atoms with Crippen molar-refractivity contribution in [2.45, 2.75) is 13.0 Å². The molecule has 170 valence electrons. The van der Waals surface area contributed by atoms with Gasteiger partial charge in [0.2, 0.25) is 6.79 Å². The Morgan fingerprint density at radius 1 is 1.00 bits per heavy atom. The van der Waals surface area contributed by atoms with Crippen LogP contribution in [0, 0.1) is 5.82 Å². The molecule has 32 heavy (non-hydrogen) atoms. The summed E-state index contributed by atoms with van der Waals surface area (Å²) in [5, 5.41) is 5.25. The monoisotopic (exact) mass is 442 g/mol. The lowest BCUT2D eigenvalue weighted by molar-refractivity contribution is -0.139. The molecule has 2 amide bonds. The van der Waals surface area contributed by atoms with Crippen LogP contribution in [0.4, 0.5) is 10.1 Å². The molecule has 0 bridgehead atoms. The molecular formula is C23H27FN4O4. The third kappa shape index (κ3) is 4.77. The van der Waals surface area contributed by atoms with Crippen molar-refractivity contribution >= 4 is 17.5 Å². The fourth-order valence-corrected chi connectivity index (χ4v) is 4.07. The highest BCUT2D eigenvalue weighted by Crippen LogP contribution is 2.35.